The van der Waals surface area contributed by atoms with Crippen molar-refractivity contribution in [3.8, 4) is 11.5 Å². The van der Waals surface area contributed by atoms with Crippen molar-refractivity contribution >= 4 is 23.1 Å². The lowest BCUT2D eigenvalue weighted by atomic mass is 10.1. The van der Waals surface area contributed by atoms with E-state index in [1.54, 1.807) is 38.5 Å². The Labute approximate surface area is 170 Å². The molecule has 0 aliphatic carbocycles. The van der Waals surface area contributed by atoms with Crippen LogP contribution in [0.15, 0.2) is 42.7 Å². The first-order valence-electron chi connectivity index (χ1n) is 9.11. The largest absolute Gasteiger partial charge is 0.493 e. The van der Waals surface area contributed by atoms with Gasteiger partial charge in [0, 0.05) is 23.5 Å². The molecule has 0 spiro atoms. The van der Waals surface area contributed by atoms with Crippen molar-refractivity contribution in [1.82, 2.24) is 9.97 Å². The quantitative estimate of drug-likeness (QED) is 0.646. The third-order valence-electron chi connectivity index (χ3n) is 4.47. The Morgan fingerprint density at radius 1 is 0.897 bits per heavy atom. The van der Waals surface area contributed by atoms with Gasteiger partial charge in [-0.1, -0.05) is 17.7 Å². The average Bonchev–Trinajstić information content (AvgIpc) is 2.70. The average molecular weight is 392 g/mol. The molecule has 3 aromatic rings. The van der Waals surface area contributed by atoms with E-state index in [9.17, 15) is 4.79 Å². The van der Waals surface area contributed by atoms with Crippen LogP contribution in [-0.4, -0.2) is 30.1 Å². The van der Waals surface area contributed by atoms with Crippen molar-refractivity contribution < 1.29 is 14.3 Å². The van der Waals surface area contributed by atoms with Gasteiger partial charge >= 0.3 is 0 Å². The zero-order valence-electron chi connectivity index (χ0n) is 17.2. The van der Waals surface area contributed by atoms with E-state index in [0.717, 1.165) is 16.8 Å². The van der Waals surface area contributed by atoms with Crippen LogP contribution in [0.4, 0.5) is 17.2 Å². The number of nitrogens with zero attached hydrogens (tertiary/aromatic N) is 2. The van der Waals surface area contributed by atoms with Crippen LogP contribution in [0.5, 0.6) is 11.5 Å². The van der Waals surface area contributed by atoms with Crippen molar-refractivity contribution in [3.05, 3.63) is 65.1 Å². The van der Waals surface area contributed by atoms with Crippen molar-refractivity contribution in [2.45, 2.75) is 20.8 Å². The highest BCUT2D eigenvalue weighted by molar-refractivity contribution is 6.03. The van der Waals surface area contributed by atoms with Crippen LogP contribution < -0.4 is 20.1 Å². The number of methoxy groups -OCH3 is 2. The topological polar surface area (TPSA) is 85.4 Å². The number of carbonyl (C=O) groups is 1. The molecular formula is C22H24N4O3. The van der Waals surface area contributed by atoms with Gasteiger partial charge in [-0.15, -0.1) is 0 Å². The summed E-state index contributed by atoms with van der Waals surface area (Å²) >= 11 is 0. The van der Waals surface area contributed by atoms with E-state index in [1.165, 1.54) is 11.9 Å². The first-order chi connectivity index (χ1) is 13.9. The van der Waals surface area contributed by atoms with Crippen molar-refractivity contribution in [3.63, 3.8) is 0 Å². The molecule has 0 saturated heterocycles. The lowest BCUT2D eigenvalue weighted by molar-refractivity contribution is 0.102. The second kappa shape index (κ2) is 8.60. The van der Waals surface area contributed by atoms with Gasteiger partial charge in [-0.25, -0.2) is 9.97 Å². The Hall–Kier alpha value is -3.61. The maximum atomic E-state index is 12.7. The molecule has 0 aliphatic rings. The van der Waals surface area contributed by atoms with Crippen LogP contribution in [0.2, 0.25) is 0 Å². The van der Waals surface area contributed by atoms with E-state index in [0.29, 0.717) is 23.0 Å². The molecule has 150 valence electrons. The zero-order chi connectivity index (χ0) is 21.0. The summed E-state index contributed by atoms with van der Waals surface area (Å²) in [6.07, 6.45) is 1.37. The third kappa shape index (κ3) is 4.63. The maximum Gasteiger partial charge on any atom is 0.274 e. The third-order valence-corrected chi connectivity index (χ3v) is 4.47. The molecule has 0 radical (unpaired) electrons. The lowest BCUT2D eigenvalue weighted by Crippen LogP contribution is -2.14. The first-order valence-corrected chi connectivity index (χ1v) is 9.11. The van der Waals surface area contributed by atoms with Gasteiger partial charge in [0.2, 0.25) is 0 Å². The minimum atomic E-state index is -0.347. The van der Waals surface area contributed by atoms with E-state index in [2.05, 4.69) is 39.7 Å². The standard InChI is InChI=1S/C22H24N4O3/c1-13-8-14(2)21(15(3)9-13)26-20-11-17(23-12-24-20)22(27)25-16-6-7-18(28-4)19(10-16)29-5/h6-12H,1-5H3,(H,25,27)(H,23,24,26). The Morgan fingerprint density at radius 3 is 2.24 bits per heavy atom. The first kappa shape index (κ1) is 20.1. The van der Waals surface area contributed by atoms with Crippen LogP contribution in [-0.2, 0) is 0 Å². The molecule has 2 N–H and O–H groups in total. The van der Waals surface area contributed by atoms with Gasteiger partial charge in [0.25, 0.3) is 5.91 Å². The number of nitrogens with one attached hydrogen (secondary N) is 2. The fourth-order valence-corrected chi connectivity index (χ4v) is 3.16. The predicted molar refractivity (Wildman–Crippen MR) is 113 cm³/mol. The molecule has 1 heterocycles. The van der Waals surface area contributed by atoms with Crippen molar-refractivity contribution in [2.24, 2.45) is 0 Å². The molecule has 0 bridgehead atoms. The van der Waals surface area contributed by atoms with Gasteiger partial charge in [-0.05, 0) is 44.0 Å². The summed E-state index contributed by atoms with van der Waals surface area (Å²) in [5.74, 6) is 1.32. The summed E-state index contributed by atoms with van der Waals surface area (Å²) in [4.78, 5) is 21.0. The molecule has 0 fully saturated rings. The molecule has 0 aliphatic heterocycles. The van der Waals surface area contributed by atoms with Crippen LogP contribution in [0.3, 0.4) is 0 Å². The number of anilines is 3. The van der Waals surface area contributed by atoms with Crippen LogP contribution in [0, 0.1) is 20.8 Å². The van der Waals surface area contributed by atoms with E-state index in [4.69, 9.17) is 9.47 Å². The molecular weight excluding hydrogens is 368 g/mol. The number of benzene rings is 2. The highest BCUT2D eigenvalue weighted by atomic mass is 16.5. The van der Waals surface area contributed by atoms with Gasteiger partial charge in [-0.3, -0.25) is 4.79 Å². The van der Waals surface area contributed by atoms with Gasteiger partial charge in [-0.2, -0.15) is 0 Å². The Morgan fingerprint density at radius 2 is 1.59 bits per heavy atom. The van der Waals surface area contributed by atoms with Gasteiger partial charge in [0.15, 0.2) is 11.5 Å². The fourth-order valence-electron chi connectivity index (χ4n) is 3.16. The van der Waals surface area contributed by atoms with Crippen molar-refractivity contribution in [2.75, 3.05) is 24.9 Å². The number of hydrogen-bond donors (Lipinski definition) is 2. The SMILES string of the molecule is COc1ccc(NC(=O)c2cc(Nc3c(C)cc(C)cc3C)ncn2)cc1OC. The molecule has 0 unspecified atom stereocenters. The smallest absolute Gasteiger partial charge is 0.274 e. The van der Waals surface area contributed by atoms with E-state index in [-0.39, 0.29) is 11.6 Å². The molecule has 0 saturated carbocycles. The van der Waals surface area contributed by atoms with Crippen LogP contribution in [0.1, 0.15) is 27.2 Å². The molecule has 1 amide bonds. The summed E-state index contributed by atoms with van der Waals surface area (Å²) in [5, 5.41) is 6.11. The van der Waals surface area contributed by atoms with Crippen molar-refractivity contribution in [1.29, 1.82) is 0 Å². The predicted octanol–water partition coefficient (Wildman–Crippen LogP) is 4.41. The lowest BCUT2D eigenvalue weighted by Gasteiger charge is -2.14. The molecule has 3 rings (SSSR count). The van der Waals surface area contributed by atoms with E-state index < -0.39 is 0 Å². The van der Waals surface area contributed by atoms with Crippen LogP contribution in [0.25, 0.3) is 0 Å². The summed E-state index contributed by atoms with van der Waals surface area (Å²) in [6, 6.07) is 11.0. The Balaban J connectivity index is 1.80. The van der Waals surface area contributed by atoms with Gasteiger partial charge < -0.3 is 20.1 Å². The minimum Gasteiger partial charge on any atom is -0.493 e. The van der Waals surface area contributed by atoms with Crippen LogP contribution >= 0.6 is 0 Å². The number of aromatic nitrogens is 2. The number of rotatable bonds is 6. The molecule has 7 heteroatoms. The summed E-state index contributed by atoms with van der Waals surface area (Å²) in [6.45, 7) is 6.13. The molecule has 7 nitrogen and oxygen atoms in total. The van der Waals surface area contributed by atoms with E-state index >= 15 is 0 Å². The highest BCUT2D eigenvalue weighted by Gasteiger charge is 2.12. The molecule has 2 aromatic carbocycles. The Bertz CT molecular complexity index is 1030. The fraction of sp³-hybridized carbons (Fsp3) is 0.227. The summed E-state index contributed by atoms with van der Waals surface area (Å²) in [7, 11) is 3.10. The second-order valence-electron chi connectivity index (χ2n) is 6.71. The number of carbonyl (C=O) groups excluding carboxylic acids is 1. The second-order valence-corrected chi connectivity index (χ2v) is 6.71. The number of aryl methyl sites for hydroxylation is 3. The normalized spacial score (nSPS) is 10.4. The van der Waals surface area contributed by atoms with Gasteiger partial charge in [0.1, 0.15) is 17.8 Å². The number of hydrogen-bond acceptors (Lipinski definition) is 6. The summed E-state index contributed by atoms with van der Waals surface area (Å²) < 4.78 is 10.5. The molecule has 1 aromatic heterocycles. The molecule has 29 heavy (non-hydrogen) atoms. The molecule has 0 atom stereocenters. The monoisotopic (exact) mass is 392 g/mol. The van der Waals surface area contributed by atoms with E-state index in [1.807, 2.05) is 13.8 Å². The minimum absolute atomic E-state index is 0.250. The highest BCUT2D eigenvalue weighted by Crippen LogP contribution is 2.30. The maximum absolute atomic E-state index is 12.7. The number of ether oxygens (including phenoxy) is 2. The zero-order valence-corrected chi connectivity index (χ0v) is 17.2. The Kier molecular flexibility index (Phi) is 5.97. The summed E-state index contributed by atoms with van der Waals surface area (Å²) in [5.41, 5.74) is 5.21. The van der Waals surface area contributed by atoms with Gasteiger partial charge in [0.05, 0.1) is 14.2 Å². The number of amides is 1.